The van der Waals surface area contributed by atoms with Gasteiger partial charge in [-0.25, -0.2) is 9.59 Å². The van der Waals surface area contributed by atoms with Gasteiger partial charge >= 0.3 is 11.8 Å². The van der Waals surface area contributed by atoms with Gasteiger partial charge in [-0.3, -0.25) is 28.9 Å². The lowest BCUT2D eigenvalue weighted by Crippen LogP contribution is -2.57. The average molecular weight is 552 g/mol. The Morgan fingerprint density at radius 2 is 1.93 bits per heavy atom. The predicted molar refractivity (Wildman–Crippen MR) is 148 cm³/mol. The minimum Gasteiger partial charge on any atom is -0.444 e. The number of piperidine rings is 2. The number of morpholine rings is 1. The minimum absolute atomic E-state index is 0.193. The van der Waals surface area contributed by atoms with Crippen LogP contribution in [0.25, 0.3) is 11.0 Å². The van der Waals surface area contributed by atoms with Crippen molar-refractivity contribution in [2.24, 2.45) is 7.05 Å². The number of nitrogens with zero attached hydrogens (tertiary/aromatic N) is 4. The summed E-state index contributed by atoms with van der Waals surface area (Å²) in [7, 11) is 1.67. The molecule has 40 heavy (non-hydrogen) atoms. The van der Waals surface area contributed by atoms with Crippen LogP contribution in [-0.4, -0.2) is 87.4 Å². The zero-order chi connectivity index (χ0) is 28.7. The van der Waals surface area contributed by atoms with Crippen LogP contribution in [0.4, 0.5) is 4.79 Å². The van der Waals surface area contributed by atoms with Gasteiger partial charge < -0.3 is 14.4 Å². The summed E-state index contributed by atoms with van der Waals surface area (Å²) in [6, 6.07) is 4.78. The minimum atomic E-state index is -0.733. The fraction of sp³-hybridized carbons (Fsp3) is 0.586. The number of hydrogen-bond donors (Lipinski definition) is 1. The summed E-state index contributed by atoms with van der Waals surface area (Å²) in [6.07, 6.45) is 1.68. The van der Waals surface area contributed by atoms with Gasteiger partial charge in [-0.1, -0.05) is 17.9 Å². The van der Waals surface area contributed by atoms with Crippen molar-refractivity contribution >= 4 is 28.9 Å². The number of amides is 3. The van der Waals surface area contributed by atoms with E-state index in [9.17, 15) is 19.2 Å². The molecule has 1 atom stereocenters. The lowest BCUT2D eigenvalue weighted by molar-refractivity contribution is -0.135. The van der Waals surface area contributed by atoms with Gasteiger partial charge in [0.25, 0.3) is 0 Å². The van der Waals surface area contributed by atoms with Crippen molar-refractivity contribution in [3.05, 3.63) is 34.2 Å². The van der Waals surface area contributed by atoms with Crippen LogP contribution in [0, 0.1) is 11.8 Å². The Balaban J connectivity index is 1.28. The van der Waals surface area contributed by atoms with Gasteiger partial charge in [0, 0.05) is 39.6 Å². The normalized spacial score (nSPS) is 21.7. The molecule has 0 bridgehead atoms. The van der Waals surface area contributed by atoms with E-state index in [0.29, 0.717) is 42.8 Å². The van der Waals surface area contributed by atoms with Crippen molar-refractivity contribution in [1.82, 2.24) is 24.3 Å². The molecule has 3 fully saturated rings. The molecule has 1 aromatic heterocycles. The summed E-state index contributed by atoms with van der Waals surface area (Å²) in [5, 5.41) is 2.34. The van der Waals surface area contributed by atoms with E-state index in [1.165, 1.54) is 9.13 Å². The smallest absolute Gasteiger partial charge is 0.410 e. The highest BCUT2D eigenvalue weighted by atomic mass is 16.6. The second kappa shape index (κ2) is 10.7. The number of aromatic nitrogens is 2. The van der Waals surface area contributed by atoms with Crippen LogP contribution in [0.3, 0.4) is 0 Å². The number of para-hydroxylation sites is 1. The number of benzene rings is 1. The van der Waals surface area contributed by atoms with Crippen molar-refractivity contribution in [2.75, 3.05) is 39.3 Å². The van der Waals surface area contributed by atoms with Crippen molar-refractivity contribution in [1.29, 1.82) is 0 Å². The molecule has 3 saturated heterocycles. The zero-order valence-corrected chi connectivity index (χ0v) is 23.6. The molecule has 0 saturated carbocycles. The second-order valence-corrected chi connectivity index (χ2v) is 11.9. The summed E-state index contributed by atoms with van der Waals surface area (Å²) in [5.74, 6) is 5.74. The maximum atomic E-state index is 13.2. The van der Waals surface area contributed by atoms with E-state index < -0.39 is 17.6 Å². The lowest BCUT2D eigenvalue weighted by atomic mass is 9.89. The van der Waals surface area contributed by atoms with Gasteiger partial charge in [0.05, 0.1) is 35.3 Å². The molecule has 0 radical (unpaired) electrons. The van der Waals surface area contributed by atoms with Crippen LogP contribution in [0.2, 0.25) is 0 Å². The number of hydrogen-bond acceptors (Lipinski definition) is 7. The summed E-state index contributed by atoms with van der Waals surface area (Å²) >= 11 is 0. The first-order valence-electron chi connectivity index (χ1n) is 13.8. The maximum Gasteiger partial charge on any atom is 0.410 e. The number of imide groups is 1. The molecule has 2 aromatic rings. The first kappa shape index (κ1) is 27.9. The van der Waals surface area contributed by atoms with Crippen LogP contribution in [-0.2, 0) is 26.1 Å². The summed E-state index contributed by atoms with van der Waals surface area (Å²) < 4.78 is 14.7. The van der Waals surface area contributed by atoms with E-state index >= 15 is 0 Å². The molecule has 1 N–H and O–H groups in total. The number of aryl methyl sites for hydroxylation is 1. The topological polar surface area (TPSA) is 115 Å². The number of nitrogens with one attached hydrogen (secondary N) is 1. The molecule has 1 unspecified atom stereocenters. The SMILES string of the molecule is Cn1c(=O)n(C2CCC(=O)NC2=O)c2cccc(C#CCN3CCOC4(CCN(C(=O)OC(C)(C)C)CC4)C3)c21. The largest absolute Gasteiger partial charge is 0.444 e. The van der Waals surface area contributed by atoms with Gasteiger partial charge in [0.2, 0.25) is 11.8 Å². The number of ether oxygens (including phenoxy) is 2. The molecular weight excluding hydrogens is 514 g/mol. The Kier molecular flexibility index (Phi) is 7.50. The third-order valence-electron chi connectivity index (χ3n) is 7.80. The number of carbonyl (C=O) groups is 3. The molecule has 4 heterocycles. The first-order valence-corrected chi connectivity index (χ1v) is 13.8. The third-order valence-corrected chi connectivity index (χ3v) is 7.80. The maximum absolute atomic E-state index is 13.2. The van der Waals surface area contributed by atoms with E-state index in [2.05, 4.69) is 22.1 Å². The highest BCUT2D eigenvalue weighted by Crippen LogP contribution is 2.31. The predicted octanol–water partition coefficient (Wildman–Crippen LogP) is 1.77. The van der Waals surface area contributed by atoms with E-state index in [1.54, 1.807) is 18.0 Å². The molecule has 11 heteroatoms. The van der Waals surface area contributed by atoms with Gasteiger partial charge in [0.15, 0.2) is 0 Å². The third kappa shape index (κ3) is 5.64. The summed E-state index contributed by atoms with van der Waals surface area (Å²) in [5.41, 5.74) is 0.853. The number of imidazole rings is 1. The van der Waals surface area contributed by atoms with Crippen molar-refractivity contribution in [2.45, 2.75) is 63.7 Å². The summed E-state index contributed by atoms with van der Waals surface area (Å²) in [4.78, 5) is 53.8. The molecule has 0 aliphatic carbocycles. The molecule has 3 amide bonds. The van der Waals surface area contributed by atoms with Gasteiger partial charge in [-0.2, -0.15) is 0 Å². The zero-order valence-electron chi connectivity index (χ0n) is 23.6. The fourth-order valence-corrected chi connectivity index (χ4v) is 5.80. The second-order valence-electron chi connectivity index (χ2n) is 11.9. The van der Waals surface area contributed by atoms with Crippen LogP contribution in [0.15, 0.2) is 23.0 Å². The highest BCUT2D eigenvalue weighted by molar-refractivity contribution is 6.00. The number of rotatable bonds is 2. The van der Waals surface area contributed by atoms with E-state index in [0.717, 1.165) is 25.9 Å². The van der Waals surface area contributed by atoms with Crippen molar-refractivity contribution in [3.63, 3.8) is 0 Å². The molecule has 1 spiro atoms. The number of likely N-dealkylation sites (tertiary alicyclic amines) is 1. The van der Waals surface area contributed by atoms with Crippen LogP contribution < -0.4 is 11.0 Å². The van der Waals surface area contributed by atoms with Gasteiger partial charge in [-0.15, -0.1) is 0 Å². The fourth-order valence-electron chi connectivity index (χ4n) is 5.80. The standard InChI is InChI=1S/C29H37N5O6/c1-28(2,3)40-27(38)33-15-12-29(13-16-33)19-32(17-18-39-29)14-6-8-20-7-5-9-21-24(20)31(4)26(37)34(21)22-10-11-23(35)30-25(22)36/h5,7,9,22H,10-19H2,1-4H3,(H,30,35,36). The molecular formula is C29H37N5O6. The van der Waals surface area contributed by atoms with Gasteiger partial charge in [-0.05, 0) is 52.2 Å². The number of fused-ring (bicyclic) bond motifs is 1. The Morgan fingerprint density at radius 1 is 1.18 bits per heavy atom. The van der Waals surface area contributed by atoms with E-state index in [-0.39, 0.29) is 36.1 Å². The van der Waals surface area contributed by atoms with E-state index in [4.69, 9.17) is 9.47 Å². The highest BCUT2D eigenvalue weighted by Gasteiger charge is 2.41. The summed E-state index contributed by atoms with van der Waals surface area (Å²) in [6.45, 7) is 9.43. The van der Waals surface area contributed by atoms with Crippen LogP contribution in [0.1, 0.15) is 58.1 Å². The Morgan fingerprint density at radius 3 is 2.62 bits per heavy atom. The molecule has 3 aliphatic rings. The molecule has 11 nitrogen and oxygen atoms in total. The quantitative estimate of drug-likeness (QED) is 0.447. The average Bonchev–Trinajstić information content (AvgIpc) is 3.14. The number of carbonyl (C=O) groups excluding carboxylic acids is 3. The Bertz CT molecular complexity index is 1450. The van der Waals surface area contributed by atoms with Crippen molar-refractivity contribution < 1.29 is 23.9 Å². The molecule has 1 aromatic carbocycles. The molecule has 3 aliphatic heterocycles. The lowest BCUT2D eigenvalue weighted by Gasteiger charge is -2.46. The Hall–Kier alpha value is -3.62. The van der Waals surface area contributed by atoms with Crippen molar-refractivity contribution in [3.8, 4) is 11.8 Å². The van der Waals surface area contributed by atoms with E-state index in [1.807, 2.05) is 32.9 Å². The Labute approximate surface area is 233 Å². The molecule has 214 valence electrons. The van der Waals surface area contributed by atoms with Crippen LogP contribution >= 0.6 is 0 Å². The first-order chi connectivity index (χ1) is 19.0. The van der Waals surface area contributed by atoms with Gasteiger partial charge in [0.1, 0.15) is 11.6 Å². The monoisotopic (exact) mass is 551 g/mol. The van der Waals surface area contributed by atoms with Crippen LogP contribution in [0.5, 0.6) is 0 Å². The molecule has 5 rings (SSSR count).